The summed E-state index contributed by atoms with van der Waals surface area (Å²) in [4.78, 5) is 24.4. The molecule has 1 atom stereocenters. The van der Waals surface area contributed by atoms with Crippen molar-refractivity contribution in [1.29, 1.82) is 0 Å². The fourth-order valence-corrected chi connectivity index (χ4v) is 4.62. The highest BCUT2D eigenvalue weighted by molar-refractivity contribution is 7.20. The Labute approximate surface area is 138 Å². The average Bonchev–Trinajstić information content (AvgIpc) is 2.86. The van der Waals surface area contributed by atoms with Gasteiger partial charge in [0.15, 0.2) is 0 Å². The van der Waals surface area contributed by atoms with E-state index in [2.05, 4.69) is 12.2 Å². The SMILES string of the molecule is COc1cccc2c1CC(C)c1c-2sc(NC(C)=O)c1C(N)=O. The number of carbonyl (C=O) groups excluding carboxylic acids is 2. The zero-order valence-corrected chi connectivity index (χ0v) is 14.0. The lowest BCUT2D eigenvalue weighted by molar-refractivity contribution is -0.114. The fourth-order valence-electron chi connectivity index (χ4n) is 3.20. The van der Waals surface area contributed by atoms with Gasteiger partial charge in [-0.15, -0.1) is 11.3 Å². The van der Waals surface area contributed by atoms with Crippen LogP contribution in [-0.2, 0) is 11.2 Å². The summed E-state index contributed by atoms with van der Waals surface area (Å²) in [5.74, 6) is 0.235. The molecule has 1 aromatic heterocycles. The van der Waals surface area contributed by atoms with E-state index in [1.807, 2.05) is 18.2 Å². The molecule has 23 heavy (non-hydrogen) atoms. The van der Waals surface area contributed by atoms with Gasteiger partial charge >= 0.3 is 0 Å². The van der Waals surface area contributed by atoms with E-state index in [-0.39, 0.29) is 11.8 Å². The molecule has 1 aliphatic carbocycles. The van der Waals surface area contributed by atoms with Gasteiger partial charge < -0.3 is 15.8 Å². The first-order valence-corrected chi connectivity index (χ1v) is 8.16. The van der Waals surface area contributed by atoms with Crippen molar-refractivity contribution < 1.29 is 14.3 Å². The van der Waals surface area contributed by atoms with Gasteiger partial charge in [0.2, 0.25) is 5.91 Å². The number of primary amides is 1. The number of fused-ring (bicyclic) bond motifs is 3. The summed E-state index contributed by atoms with van der Waals surface area (Å²) in [6.45, 7) is 3.48. The van der Waals surface area contributed by atoms with Crippen LogP contribution in [0.1, 0.15) is 41.3 Å². The van der Waals surface area contributed by atoms with Crippen molar-refractivity contribution in [3.05, 3.63) is 34.9 Å². The second kappa shape index (κ2) is 5.70. The third-order valence-corrected chi connectivity index (χ3v) is 5.24. The zero-order valence-electron chi connectivity index (χ0n) is 13.2. The van der Waals surface area contributed by atoms with Crippen LogP contribution in [0.5, 0.6) is 5.75 Å². The number of hydrogen-bond donors (Lipinski definition) is 2. The van der Waals surface area contributed by atoms with E-state index in [1.165, 1.54) is 18.3 Å². The smallest absolute Gasteiger partial charge is 0.252 e. The van der Waals surface area contributed by atoms with E-state index >= 15 is 0 Å². The molecule has 3 rings (SSSR count). The maximum atomic E-state index is 12.0. The van der Waals surface area contributed by atoms with Crippen LogP contribution in [0.3, 0.4) is 0 Å². The van der Waals surface area contributed by atoms with Crippen molar-refractivity contribution in [1.82, 2.24) is 0 Å². The molecule has 6 heteroatoms. The van der Waals surface area contributed by atoms with Crippen molar-refractivity contribution in [2.75, 3.05) is 12.4 Å². The number of anilines is 1. The molecule has 1 heterocycles. The second-order valence-electron chi connectivity index (χ2n) is 5.69. The van der Waals surface area contributed by atoms with E-state index in [0.29, 0.717) is 10.6 Å². The molecule has 1 aliphatic rings. The molecule has 2 amide bonds. The average molecular weight is 330 g/mol. The van der Waals surface area contributed by atoms with Gasteiger partial charge in [0.25, 0.3) is 5.91 Å². The number of amides is 2. The Balaban J connectivity index is 2.28. The van der Waals surface area contributed by atoms with Gasteiger partial charge in [0.1, 0.15) is 10.8 Å². The topological polar surface area (TPSA) is 81.4 Å². The summed E-state index contributed by atoms with van der Waals surface area (Å²) in [6, 6.07) is 5.88. The number of methoxy groups -OCH3 is 1. The highest BCUT2D eigenvalue weighted by atomic mass is 32.1. The lowest BCUT2D eigenvalue weighted by Gasteiger charge is -2.24. The van der Waals surface area contributed by atoms with Gasteiger partial charge in [-0.25, -0.2) is 0 Å². The fraction of sp³-hybridized carbons (Fsp3) is 0.294. The van der Waals surface area contributed by atoms with Crippen LogP contribution in [0.4, 0.5) is 5.00 Å². The molecule has 120 valence electrons. The van der Waals surface area contributed by atoms with Crippen LogP contribution in [0.2, 0.25) is 0 Å². The predicted octanol–water partition coefficient (Wildman–Crippen LogP) is 3.14. The maximum Gasteiger partial charge on any atom is 0.252 e. The molecule has 0 spiro atoms. The van der Waals surface area contributed by atoms with Crippen molar-refractivity contribution in [2.45, 2.75) is 26.2 Å². The summed E-state index contributed by atoms with van der Waals surface area (Å²) in [6.07, 6.45) is 0.767. The Morgan fingerprint density at radius 2 is 2.13 bits per heavy atom. The Kier molecular flexibility index (Phi) is 3.85. The van der Waals surface area contributed by atoms with Crippen LogP contribution in [0.25, 0.3) is 10.4 Å². The highest BCUT2D eigenvalue weighted by Gasteiger charge is 2.32. The van der Waals surface area contributed by atoms with Gasteiger partial charge in [-0.1, -0.05) is 19.1 Å². The number of rotatable bonds is 3. The van der Waals surface area contributed by atoms with E-state index in [0.717, 1.165) is 33.7 Å². The molecule has 0 radical (unpaired) electrons. The second-order valence-corrected chi connectivity index (χ2v) is 6.71. The number of carbonyl (C=O) groups is 2. The summed E-state index contributed by atoms with van der Waals surface area (Å²) in [7, 11) is 1.65. The largest absolute Gasteiger partial charge is 0.496 e. The Morgan fingerprint density at radius 3 is 2.74 bits per heavy atom. The summed E-state index contributed by atoms with van der Waals surface area (Å²) in [5, 5.41) is 3.26. The highest BCUT2D eigenvalue weighted by Crippen LogP contribution is 2.50. The van der Waals surface area contributed by atoms with E-state index in [1.54, 1.807) is 7.11 Å². The van der Waals surface area contributed by atoms with Crippen LogP contribution in [-0.4, -0.2) is 18.9 Å². The van der Waals surface area contributed by atoms with E-state index in [4.69, 9.17) is 10.5 Å². The van der Waals surface area contributed by atoms with E-state index in [9.17, 15) is 9.59 Å². The normalized spacial score (nSPS) is 15.5. The van der Waals surface area contributed by atoms with Gasteiger partial charge in [0.05, 0.1) is 12.7 Å². The molecule has 1 aromatic carbocycles. The van der Waals surface area contributed by atoms with Crippen LogP contribution < -0.4 is 15.8 Å². The maximum absolute atomic E-state index is 12.0. The van der Waals surface area contributed by atoms with Gasteiger partial charge in [-0.3, -0.25) is 9.59 Å². The minimum absolute atomic E-state index is 0.120. The van der Waals surface area contributed by atoms with Crippen molar-refractivity contribution in [2.24, 2.45) is 5.73 Å². The van der Waals surface area contributed by atoms with Crippen LogP contribution in [0, 0.1) is 0 Å². The Bertz CT molecular complexity index is 810. The molecular formula is C17H18N2O3S. The predicted molar refractivity (Wildman–Crippen MR) is 91.2 cm³/mol. The lowest BCUT2D eigenvalue weighted by Crippen LogP contribution is -2.19. The van der Waals surface area contributed by atoms with Gasteiger partial charge in [-0.05, 0) is 29.5 Å². The molecule has 5 nitrogen and oxygen atoms in total. The quantitative estimate of drug-likeness (QED) is 0.907. The molecule has 0 aliphatic heterocycles. The van der Waals surface area contributed by atoms with Crippen molar-refractivity contribution in [3.8, 4) is 16.2 Å². The Morgan fingerprint density at radius 1 is 1.39 bits per heavy atom. The number of nitrogens with two attached hydrogens (primary N) is 1. The molecule has 2 aromatic rings. The monoisotopic (exact) mass is 330 g/mol. The first-order chi connectivity index (χ1) is 10.9. The lowest BCUT2D eigenvalue weighted by atomic mass is 9.81. The molecule has 3 N–H and O–H groups in total. The molecule has 1 unspecified atom stereocenters. The van der Waals surface area contributed by atoms with Crippen molar-refractivity contribution in [3.63, 3.8) is 0 Å². The van der Waals surface area contributed by atoms with Gasteiger partial charge in [0, 0.05) is 17.4 Å². The number of nitrogens with one attached hydrogen (secondary N) is 1. The molecular weight excluding hydrogens is 312 g/mol. The van der Waals surface area contributed by atoms with E-state index < -0.39 is 5.91 Å². The molecule has 0 fully saturated rings. The number of benzene rings is 1. The molecule has 0 saturated carbocycles. The third-order valence-electron chi connectivity index (χ3n) is 4.08. The summed E-state index contributed by atoms with van der Waals surface area (Å²) >= 11 is 1.40. The first kappa shape index (κ1) is 15.6. The standard InChI is InChI=1S/C17H18N2O3S/c1-8-7-11-10(5-4-6-12(11)22-3)15-13(8)14(16(18)21)17(23-15)19-9(2)20/h4-6,8H,7H2,1-3H3,(H2,18,21)(H,19,20). The van der Waals surface area contributed by atoms with Gasteiger partial charge in [-0.2, -0.15) is 0 Å². The first-order valence-electron chi connectivity index (χ1n) is 7.34. The Hall–Kier alpha value is -2.34. The summed E-state index contributed by atoms with van der Waals surface area (Å²) in [5.41, 5.74) is 9.11. The number of hydrogen-bond acceptors (Lipinski definition) is 4. The number of thiophene rings is 1. The zero-order chi connectivity index (χ0) is 16.7. The summed E-state index contributed by atoms with van der Waals surface area (Å²) < 4.78 is 5.47. The minimum atomic E-state index is -0.510. The number of ether oxygens (including phenoxy) is 1. The third kappa shape index (κ3) is 2.49. The van der Waals surface area contributed by atoms with Crippen LogP contribution >= 0.6 is 11.3 Å². The van der Waals surface area contributed by atoms with Crippen molar-refractivity contribution >= 4 is 28.2 Å². The molecule has 0 bridgehead atoms. The molecule has 0 saturated heterocycles. The minimum Gasteiger partial charge on any atom is -0.496 e. The van der Waals surface area contributed by atoms with Crippen LogP contribution in [0.15, 0.2) is 18.2 Å².